The average Bonchev–Trinajstić information content (AvgIpc) is 3.11. The van der Waals surface area contributed by atoms with Crippen LogP contribution in [0.3, 0.4) is 0 Å². The van der Waals surface area contributed by atoms with Gasteiger partial charge in [0.25, 0.3) is 5.91 Å². The minimum Gasteiger partial charge on any atom is -0.380 e. The first-order valence-electron chi connectivity index (χ1n) is 7.54. The van der Waals surface area contributed by atoms with Crippen LogP contribution in [0.5, 0.6) is 0 Å². The molecule has 0 atom stereocenters. The van der Waals surface area contributed by atoms with Crippen LogP contribution in [0.25, 0.3) is 10.2 Å². The molecule has 0 aliphatic heterocycles. The van der Waals surface area contributed by atoms with Crippen molar-refractivity contribution in [3.8, 4) is 0 Å². The van der Waals surface area contributed by atoms with Gasteiger partial charge in [-0.25, -0.2) is 4.39 Å². The van der Waals surface area contributed by atoms with Crippen LogP contribution in [0.1, 0.15) is 17.4 Å². The van der Waals surface area contributed by atoms with Crippen molar-refractivity contribution < 1.29 is 13.9 Å². The molecule has 1 aromatic carbocycles. The fraction of sp³-hybridized carbons (Fsp3) is 0.312. The molecule has 126 valence electrons. The number of benzene rings is 1. The Hall–Kier alpha value is -2.32. The van der Waals surface area contributed by atoms with E-state index in [1.165, 1.54) is 23.5 Å². The van der Waals surface area contributed by atoms with E-state index < -0.39 is 5.91 Å². The topological polar surface area (TPSA) is 61.4 Å². The average molecular weight is 348 g/mol. The molecule has 0 saturated heterocycles. The number of thiazole rings is 1. The van der Waals surface area contributed by atoms with Gasteiger partial charge in [-0.05, 0) is 31.2 Å². The van der Waals surface area contributed by atoms with E-state index in [2.05, 4.69) is 10.1 Å². The van der Waals surface area contributed by atoms with Gasteiger partial charge in [-0.3, -0.25) is 9.48 Å². The summed E-state index contributed by atoms with van der Waals surface area (Å²) in [6, 6.07) is 6.15. The van der Waals surface area contributed by atoms with Crippen molar-refractivity contribution in [1.82, 2.24) is 14.3 Å². The first kappa shape index (κ1) is 16.5. The summed E-state index contributed by atoms with van der Waals surface area (Å²) in [7, 11) is 1.74. The highest BCUT2D eigenvalue weighted by molar-refractivity contribution is 7.16. The Morgan fingerprint density at radius 2 is 2.25 bits per heavy atom. The molecule has 0 aliphatic carbocycles. The standard InChI is InChI=1S/C16H17FN4O2S/c1-3-23-9-8-21-13-5-4-11(17)10-14(13)24-16(21)18-15(22)12-6-7-20(2)19-12/h4-7,10H,3,8-9H2,1-2H3. The van der Waals surface area contributed by atoms with Crippen LogP contribution in [-0.2, 0) is 18.3 Å². The van der Waals surface area contributed by atoms with Crippen LogP contribution in [-0.4, -0.2) is 33.5 Å². The van der Waals surface area contributed by atoms with Crippen LogP contribution in [0.2, 0.25) is 0 Å². The maximum Gasteiger partial charge on any atom is 0.300 e. The zero-order valence-corrected chi connectivity index (χ0v) is 14.2. The van der Waals surface area contributed by atoms with Gasteiger partial charge >= 0.3 is 0 Å². The summed E-state index contributed by atoms with van der Waals surface area (Å²) < 4.78 is 23.0. The molecule has 0 saturated carbocycles. The molecule has 8 heteroatoms. The van der Waals surface area contributed by atoms with E-state index in [1.807, 2.05) is 11.5 Å². The molecule has 3 aromatic rings. The monoisotopic (exact) mass is 348 g/mol. The van der Waals surface area contributed by atoms with Gasteiger partial charge in [0, 0.05) is 26.4 Å². The third-order valence-electron chi connectivity index (χ3n) is 3.44. The lowest BCUT2D eigenvalue weighted by Crippen LogP contribution is -2.20. The molecule has 0 radical (unpaired) electrons. The summed E-state index contributed by atoms with van der Waals surface area (Å²) in [6.07, 6.45) is 1.69. The predicted octanol–water partition coefficient (Wildman–Crippen LogP) is 2.35. The van der Waals surface area contributed by atoms with Gasteiger partial charge in [0.2, 0.25) is 0 Å². The molecule has 0 spiro atoms. The molecular weight excluding hydrogens is 331 g/mol. The van der Waals surface area contributed by atoms with Gasteiger partial charge in [0.1, 0.15) is 5.82 Å². The number of halogens is 1. The molecule has 1 amide bonds. The van der Waals surface area contributed by atoms with Crippen molar-refractivity contribution in [2.45, 2.75) is 13.5 Å². The van der Waals surface area contributed by atoms with Crippen molar-refractivity contribution in [3.63, 3.8) is 0 Å². The molecule has 0 aliphatic rings. The summed E-state index contributed by atoms with van der Waals surface area (Å²) >= 11 is 1.27. The highest BCUT2D eigenvalue weighted by Gasteiger charge is 2.11. The molecule has 3 rings (SSSR count). The third kappa shape index (κ3) is 3.44. The maximum absolute atomic E-state index is 13.5. The van der Waals surface area contributed by atoms with E-state index in [1.54, 1.807) is 30.1 Å². The van der Waals surface area contributed by atoms with Gasteiger partial charge < -0.3 is 9.30 Å². The zero-order valence-electron chi connectivity index (χ0n) is 13.4. The fourth-order valence-corrected chi connectivity index (χ4v) is 3.40. The Morgan fingerprint density at radius 1 is 1.42 bits per heavy atom. The molecular formula is C16H17FN4O2S. The smallest absolute Gasteiger partial charge is 0.300 e. The van der Waals surface area contributed by atoms with E-state index in [0.29, 0.717) is 24.6 Å². The fourth-order valence-electron chi connectivity index (χ4n) is 2.32. The van der Waals surface area contributed by atoms with E-state index in [0.717, 1.165) is 10.2 Å². The number of ether oxygens (including phenoxy) is 1. The van der Waals surface area contributed by atoms with E-state index in [9.17, 15) is 9.18 Å². The Kier molecular flexibility index (Phi) is 4.86. The number of hydrogen-bond donors (Lipinski definition) is 0. The summed E-state index contributed by atoms with van der Waals surface area (Å²) in [6.45, 7) is 3.55. The number of rotatable bonds is 5. The normalized spacial score (nSPS) is 12.2. The van der Waals surface area contributed by atoms with Gasteiger partial charge in [0.15, 0.2) is 10.5 Å². The first-order chi connectivity index (χ1) is 11.6. The molecule has 2 heterocycles. The molecule has 0 N–H and O–H groups in total. The Morgan fingerprint density at radius 3 is 2.96 bits per heavy atom. The quantitative estimate of drug-likeness (QED) is 0.665. The summed E-state index contributed by atoms with van der Waals surface area (Å²) in [5.41, 5.74) is 1.10. The number of fused-ring (bicyclic) bond motifs is 1. The lowest BCUT2D eigenvalue weighted by atomic mass is 10.3. The predicted molar refractivity (Wildman–Crippen MR) is 89.4 cm³/mol. The van der Waals surface area contributed by atoms with E-state index >= 15 is 0 Å². The SMILES string of the molecule is CCOCCn1c(=NC(=O)c2ccn(C)n2)sc2cc(F)ccc21. The summed E-state index contributed by atoms with van der Waals surface area (Å²) in [5, 5.41) is 4.06. The number of aromatic nitrogens is 3. The second-order valence-corrected chi connectivity index (χ2v) is 6.15. The van der Waals surface area contributed by atoms with Crippen LogP contribution >= 0.6 is 11.3 Å². The Labute approximate surface area is 141 Å². The molecule has 6 nitrogen and oxygen atoms in total. The minimum atomic E-state index is -0.423. The highest BCUT2D eigenvalue weighted by atomic mass is 32.1. The molecule has 0 fully saturated rings. The van der Waals surface area contributed by atoms with Gasteiger partial charge in [0.05, 0.1) is 16.8 Å². The third-order valence-corrected chi connectivity index (χ3v) is 4.48. The lowest BCUT2D eigenvalue weighted by Gasteiger charge is -2.05. The summed E-state index contributed by atoms with van der Waals surface area (Å²) in [5.74, 6) is -0.740. The van der Waals surface area contributed by atoms with Gasteiger partial charge in [-0.1, -0.05) is 11.3 Å². The van der Waals surface area contributed by atoms with Gasteiger partial charge in [-0.2, -0.15) is 10.1 Å². The maximum atomic E-state index is 13.5. The Balaban J connectivity index is 2.06. The first-order valence-corrected chi connectivity index (χ1v) is 8.35. The molecule has 2 aromatic heterocycles. The molecule has 24 heavy (non-hydrogen) atoms. The second-order valence-electron chi connectivity index (χ2n) is 5.14. The number of carbonyl (C=O) groups is 1. The summed E-state index contributed by atoms with van der Waals surface area (Å²) in [4.78, 5) is 17.0. The number of nitrogens with zero attached hydrogens (tertiary/aromatic N) is 4. The molecule has 0 bridgehead atoms. The number of amides is 1. The highest BCUT2D eigenvalue weighted by Crippen LogP contribution is 2.18. The van der Waals surface area contributed by atoms with Crippen LogP contribution in [0.4, 0.5) is 4.39 Å². The zero-order chi connectivity index (χ0) is 17.1. The number of hydrogen-bond acceptors (Lipinski definition) is 4. The van der Waals surface area contributed by atoms with Crippen molar-refractivity contribution in [3.05, 3.63) is 46.8 Å². The van der Waals surface area contributed by atoms with E-state index in [4.69, 9.17) is 4.74 Å². The van der Waals surface area contributed by atoms with Crippen molar-refractivity contribution in [2.75, 3.05) is 13.2 Å². The second kappa shape index (κ2) is 7.06. The lowest BCUT2D eigenvalue weighted by molar-refractivity contribution is 0.0991. The van der Waals surface area contributed by atoms with Crippen LogP contribution in [0, 0.1) is 5.82 Å². The van der Waals surface area contributed by atoms with Crippen LogP contribution in [0.15, 0.2) is 35.5 Å². The van der Waals surface area contributed by atoms with Crippen molar-refractivity contribution in [2.24, 2.45) is 12.0 Å². The van der Waals surface area contributed by atoms with E-state index in [-0.39, 0.29) is 11.5 Å². The van der Waals surface area contributed by atoms with Gasteiger partial charge in [-0.15, -0.1) is 0 Å². The van der Waals surface area contributed by atoms with Crippen molar-refractivity contribution >= 4 is 27.5 Å². The molecule has 0 unspecified atom stereocenters. The van der Waals surface area contributed by atoms with Crippen LogP contribution < -0.4 is 4.80 Å². The largest absolute Gasteiger partial charge is 0.380 e. The minimum absolute atomic E-state index is 0.275. The number of aryl methyl sites for hydroxylation is 1. The van der Waals surface area contributed by atoms with Crippen molar-refractivity contribution in [1.29, 1.82) is 0 Å². The number of carbonyl (C=O) groups excluding carboxylic acids is 1. The Bertz CT molecular complexity index is 941.